The van der Waals surface area contributed by atoms with Crippen LogP contribution in [0.2, 0.25) is 0 Å². The van der Waals surface area contributed by atoms with E-state index in [1.165, 1.54) is 6.33 Å². The normalized spacial score (nSPS) is 26.5. The van der Waals surface area contributed by atoms with Crippen molar-refractivity contribution < 1.29 is 9.90 Å². The summed E-state index contributed by atoms with van der Waals surface area (Å²) in [6.45, 7) is 5.02. The molecule has 27 heavy (non-hydrogen) atoms. The number of carbonyl (C=O) groups is 1. The third-order valence-corrected chi connectivity index (χ3v) is 5.58. The number of likely N-dealkylation sites (tertiary alicyclic amines) is 1. The van der Waals surface area contributed by atoms with Crippen LogP contribution in [0.25, 0.3) is 0 Å². The predicted molar refractivity (Wildman–Crippen MR) is 98.8 cm³/mol. The van der Waals surface area contributed by atoms with Crippen LogP contribution in [0.1, 0.15) is 42.6 Å². The number of hydrogen-bond donors (Lipinski definition) is 2. The van der Waals surface area contributed by atoms with Gasteiger partial charge in [0.2, 0.25) is 5.95 Å². The number of anilines is 1. The zero-order valence-corrected chi connectivity index (χ0v) is 15.5. The van der Waals surface area contributed by atoms with Crippen LogP contribution in [0.15, 0.2) is 31.1 Å². The topological polar surface area (TPSA) is 104 Å². The molecule has 3 heterocycles. The average molecular weight is 368 g/mol. The number of piperidine rings is 1. The van der Waals surface area contributed by atoms with Crippen molar-refractivity contribution in [1.29, 1.82) is 0 Å². The lowest BCUT2D eigenvalue weighted by atomic mass is 9.88. The van der Waals surface area contributed by atoms with Crippen molar-refractivity contribution in [3.8, 4) is 0 Å². The van der Waals surface area contributed by atoms with E-state index in [0.717, 1.165) is 18.4 Å². The molecule has 4 rings (SSSR count). The fourth-order valence-electron chi connectivity index (χ4n) is 3.77. The Balaban J connectivity index is 1.44. The molecule has 142 valence electrons. The average Bonchev–Trinajstić information content (AvgIpc) is 3.47. The van der Waals surface area contributed by atoms with Crippen LogP contribution >= 0.6 is 0 Å². The van der Waals surface area contributed by atoms with Gasteiger partial charge in [-0.3, -0.25) is 4.79 Å². The highest BCUT2D eigenvalue weighted by atomic mass is 16.3. The quantitative estimate of drug-likeness (QED) is 0.842. The lowest BCUT2D eigenvalue weighted by molar-refractivity contribution is -0.00354. The van der Waals surface area contributed by atoms with Gasteiger partial charge < -0.3 is 15.3 Å². The summed E-state index contributed by atoms with van der Waals surface area (Å²) in [5, 5.41) is 13.4. The molecule has 1 aliphatic carbocycles. The fourth-order valence-corrected chi connectivity index (χ4v) is 3.77. The molecule has 1 unspecified atom stereocenters. The van der Waals surface area contributed by atoms with Gasteiger partial charge >= 0.3 is 0 Å². The number of aliphatic hydroxyl groups excluding tert-OH is 1. The van der Waals surface area contributed by atoms with E-state index in [9.17, 15) is 9.90 Å². The summed E-state index contributed by atoms with van der Waals surface area (Å²) >= 11 is 0. The minimum Gasteiger partial charge on any atom is -0.392 e. The van der Waals surface area contributed by atoms with Crippen LogP contribution in [0.5, 0.6) is 0 Å². The molecule has 2 aromatic heterocycles. The highest BCUT2D eigenvalue weighted by Crippen LogP contribution is 2.47. The Morgan fingerprint density at radius 2 is 1.70 bits per heavy atom. The van der Waals surface area contributed by atoms with Crippen molar-refractivity contribution in [2.24, 2.45) is 11.8 Å². The summed E-state index contributed by atoms with van der Waals surface area (Å²) in [5.41, 5.74) is 1.27. The summed E-state index contributed by atoms with van der Waals surface area (Å²) in [6, 6.07) is 0. The van der Waals surface area contributed by atoms with E-state index in [4.69, 9.17) is 0 Å². The van der Waals surface area contributed by atoms with Crippen LogP contribution in [0.4, 0.5) is 5.95 Å². The van der Waals surface area contributed by atoms with Gasteiger partial charge in [0.25, 0.3) is 5.91 Å². The summed E-state index contributed by atoms with van der Waals surface area (Å²) in [4.78, 5) is 31.4. The molecule has 0 aromatic carbocycles. The Morgan fingerprint density at radius 1 is 1.11 bits per heavy atom. The first-order chi connectivity index (χ1) is 13.0. The monoisotopic (exact) mass is 368 g/mol. The Bertz CT molecular complexity index is 797. The number of aromatic nitrogens is 4. The fraction of sp³-hybridized carbons (Fsp3) is 0.526. The zero-order chi connectivity index (χ0) is 19.0. The van der Waals surface area contributed by atoms with Gasteiger partial charge in [0.05, 0.1) is 17.2 Å². The Hall–Kier alpha value is -2.61. The number of amides is 1. The largest absolute Gasteiger partial charge is 0.392 e. The summed E-state index contributed by atoms with van der Waals surface area (Å²) in [7, 11) is 0. The van der Waals surface area contributed by atoms with E-state index >= 15 is 0 Å². The van der Waals surface area contributed by atoms with Crippen LogP contribution in [0, 0.1) is 11.8 Å². The first kappa shape index (κ1) is 17.8. The van der Waals surface area contributed by atoms with Crippen molar-refractivity contribution >= 4 is 11.9 Å². The minimum atomic E-state index is -0.367. The number of hydrogen-bond acceptors (Lipinski definition) is 7. The number of rotatable bonds is 4. The lowest BCUT2D eigenvalue weighted by Crippen LogP contribution is -2.49. The Morgan fingerprint density at radius 3 is 2.26 bits per heavy atom. The Labute approximate surface area is 158 Å². The highest BCUT2D eigenvalue weighted by molar-refractivity contribution is 5.93. The minimum absolute atomic E-state index is 0.0578. The lowest BCUT2D eigenvalue weighted by Gasteiger charge is -2.38. The second-order valence-electron chi connectivity index (χ2n) is 7.78. The molecule has 2 fully saturated rings. The maximum absolute atomic E-state index is 12.8. The highest BCUT2D eigenvalue weighted by Gasteiger charge is 2.45. The maximum Gasteiger partial charge on any atom is 0.257 e. The van der Waals surface area contributed by atoms with Crippen molar-refractivity contribution in [3.63, 3.8) is 0 Å². The third kappa shape index (κ3) is 3.49. The molecular weight excluding hydrogens is 344 g/mol. The van der Waals surface area contributed by atoms with Gasteiger partial charge in [-0.2, -0.15) is 0 Å². The second kappa shape index (κ2) is 6.84. The van der Waals surface area contributed by atoms with Crippen molar-refractivity contribution in [2.75, 3.05) is 18.4 Å². The number of nitrogens with one attached hydrogen (secondary N) is 1. The van der Waals surface area contributed by atoms with Crippen LogP contribution in [-0.4, -0.2) is 55.0 Å². The first-order valence-corrected chi connectivity index (χ1v) is 9.31. The van der Waals surface area contributed by atoms with Gasteiger partial charge in [-0.15, -0.1) is 0 Å². The smallest absolute Gasteiger partial charge is 0.257 e. The molecule has 8 nitrogen and oxygen atoms in total. The maximum atomic E-state index is 12.8. The van der Waals surface area contributed by atoms with E-state index < -0.39 is 0 Å². The van der Waals surface area contributed by atoms with Gasteiger partial charge in [-0.05, 0) is 24.7 Å². The number of aliphatic hydroxyl groups is 1. The molecule has 2 aromatic rings. The molecule has 1 saturated carbocycles. The molecule has 0 bridgehead atoms. The molecule has 3 atom stereocenters. The number of nitrogens with zero attached hydrogens (tertiary/aromatic N) is 5. The van der Waals surface area contributed by atoms with E-state index in [1.54, 1.807) is 29.7 Å². The summed E-state index contributed by atoms with van der Waals surface area (Å²) in [6.07, 6.45) is 9.82. The van der Waals surface area contributed by atoms with E-state index in [2.05, 4.69) is 25.3 Å². The third-order valence-electron chi connectivity index (χ3n) is 5.58. The second-order valence-corrected chi connectivity index (χ2v) is 7.78. The van der Waals surface area contributed by atoms with Gasteiger partial charge in [-0.1, -0.05) is 13.8 Å². The van der Waals surface area contributed by atoms with Gasteiger partial charge in [0, 0.05) is 43.4 Å². The van der Waals surface area contributed by atoms with Crippen LogP contribution in [-0.2, 0) is 5.54 Å². The van der Waals surface area contributed by atoms with Crippen molar-refractivity contribution in [2.45, 2.75) is 38.3 Å². The van der Waals surface area contributed by atoms with Crippen LogP contribution in [0.3, 0.4) is 0 Å². The van der Waals surface area contributed by atoms with E-state index in [1.807, 2.05) is 13.8 Å². The summed E-state index contributed by atoms with van der Waals surface area (Å²) < 4.78 is 0. The summed E-state index contributed by atoms with van der Waals surface area (Å²) in [5.74, 6) is 0.512. The zero-order valence-electron chi connectivity index (χ0n) is 15.5. The molecule has 1 aliphatic heterocycles. The van der Waals surface area contributed by atoms with Gasteiger partial charge in [-0.25, -0.2) is 19.9 Å². The molecule has 2 aliphatic rings. The van der Waals surface area contributed by atoms with Crippen LogP contribution < -0.4 is 5.32 Å². The van der Waals surface area contributed by atoms with E-state index in [0.29, 0.717) is 24.6 Å². The van der Waals surface area contributed by atoms with Crippen molar-refractivity contribution in [3.05, 3.63) is 42.2 Å². The molecule has 8 heteroatoms. The molecule has 0 radical (unpaired) electrons. The van der Waals surface area contributed by atoms with Gasteiger partial charge in [0.15, 0.2) is 0 Å². The molecule has 1 amide bonds. The molecule has 2 N–H and O–H groups in total. The van der Waals surface area contributed by atoms with Gasteiger partial charge in [0.1, 0.15) is 6.33 Å². The Kier molecular flexibility index (Phi) is 4.51. The van der Waals surface area contributed by atoms with Crippen molar-refractivity contribution in [1.82, 2.24) is 24.8 Å². The predicted octanol–water partition coefficient (Wildman–Crippen LogP) is 1.46. The number of carbonyl (C=O) groups excluding carboxylic acids is 1. The SMILES string of the molecule is C[C@@H]1CN(C(=O)c2cnc(NC3(c4cncnc4)CC3)nc2)C[C@H](C)C1O. The molecular formula is C19H24N6O2. The molecule has 1 saturated heterocycles. The van der Waals surface area contributed by atoms with E-state index in [-0.39, 0.29) is 29.4 Å². The molecule has 0 spiro atoms. The first-order valence-electron chi connectivity index (χ1n) is 9.31. The standard InChI is InChI=1S/C19H24N6O2/c1-12-9-25(10-13(2)16(12)26)17(27)14-5-22-18(23-6-14)24-19(3-4-19)15-7-20-11-21-8-15/h5-8,11-13,16,26H,3-4,9-10H2,1-2H3,(H,22,23,24)/t12-,13+,16?.